The number of aliphatic hydroxyl groups is 1. The highest BCUT2D eigenvalue weighted by Gasteiger charge is 2.52. The van der Waals surface area contributed by atoms with Gasteiger partial charge in [-0.1, -0.05) is 182 Å². The van der Waals surface area contributed by atoms with E-state index in [4.69, 9.17) is 23.7 Å². The first kappa shape index (κ1) is 35.5. The zero-order chi connectivity index (χ0) is 35.4. The summed E-state index contributed by atoms with van der Waals surface area (Å²) in [5, 5.41) is 11.9. The van der Waals surface area contributed by atoms with Crippen molar-refractivity contribution in [1.82, 2.24) is 0 Å². The van der Waals surface area contributed by atoms with Crippen LogP contribution in [0.5, 0.6) is 0 Å². The SMILES string of the molecule is O[C@@H]1O[C@H](COCc2ccccc2)[C@@H](OCc2ccccc2)[C@H](OC(c2ccccc2)(c2ccccc2)c2ccccc2)[C@H]1OCc1ccccc1. The topological polar surface area (TPSA) is 66.4 Å². The van der Waals surface area contributed by atoms with Crippen LogP contribution >= 0.6 is 0 Å². The number of aliphatic hydroxyl groups excluding tert-OH is 1. The maximum absolute atomic E-state index is 11.9. The summed E-state index contributed by atoms with van der Waals surface area (Å²) in [4.78, 5) is 0. The normalized spacial score (nSPS) is 20.4. The summed E-state index contributed by atoms with van der Waals surface area (Å²) in [5.41, 5.74) is 4.65. The second-order valence-electron chi connectivity index (χ2n) is 12.9. The first-order valence-electron chi connectivity index (χ1n) is 17.8. The standard InChI is InChI=1S/C46H44O6/c47-45-44(50-33-37-23-11-3-12-24-37)43(42(49-32-36-21-9-2-10-22-36)41(51-45)34-48-31-35-19-7-1-8-20-35)52-46(38-25-13-4-14-26-38,39-27-15-5-16-28-39)40-29-17-6-18-30-40/h1-30,41-45,47H,31-34H2/t41-,42-,43+,44-,45-/m1/s1. The molecule has 0 radical (unpaired) electrons. The maximum atomic E-state index is 11.9. The van der Waals surface area contributed by atoms with Crippen LogP contribution in [0, 0.1) is 0 Å². The molecular weight excluding hydrogens is 649 g/mol. The van der Waals surface area contributed by atoms with Gasteiger partial charge in [0.2, 0.25) is 0 Å². The Morgan fingerprint density at radius 3 is 1.23 bits per heavy atom. The van der Waals surface area contributed by atoms with E-state index in [1.54, 1.807) is 0 Å². The molecule has 0 saturated carbocycles. The van der Waals surface area contributed by atoms with Crippen molar-refractivity contribution >= 4 is 0 Å². The third-order valence-corrected chi connectivity index (χ3v) is 9.43. The average Bonchev–Trinajstić information content (AvgIpc) is 3.21. The summed E-state index contributed by atoms with van der Waals surface area (Å²) in [6.07, 6.45) is -4.50. The van der Waals surface area contributed by atoms with Crippen LogP contribution in [-0.2, 0) is 49.1 Å². The molecule has 0 aliphatic carbocycles. The van der Waals surface area contributed by atoms with Gasteiger partial charge in [0, 0.05) is 0 Å². The largest absolute Gasteiger partial charge is 0.374 e. The van der Waals surface area contributed by atoms with Crippen LogP contribution in [0.15, 0.2) is 182 Å². The van der Waals surface area contributed by atoms with Gasteiger partial charge in [-0.2, -0.15) is 0 Å². The summed E-state index contributed by atoms with van der Waals surface area (Å²) < 4.78 is 33.8. The summed E-state index contributed by atoms with van der Waals surface area (Å²) >= 11 is 0. The van der Waals surface area contributed by atoms with Crippen molar-refractivity contribution in [1.29, 1.82) is 0 Å². The lowest BCUT2D eigenvalue weighted by atomic mass is 9.79. The molecule has 5 atom stereocenters. The molecular formula is C46H44O6. The molecule has 0 spiro atoms. The Morgan fingerprint density at radius 1 is 0.442 bits per heavy atom. The first-order chi connectivity index (χ1) is 25.7. The van der Waals surface area contributed by atoms with E-state index in [1.807, 2.05) is 146 Å². The van der Waals surface area contributed by atoms with Crippen molar-refractivity contribution in [3.8, 4) is 0 Å². The summed E-state index contributed by atoms with van der Waals surface area (Å²) in [6.45, 7) is 1.07. The molecule has 1 N–H and O–H groups in total. The lowest BCUT2D eigenvalue weighted by molar-refractivity contribution is -0.325. The van der Waals surface area contributed by atoms with Gasteiger partial charge in [-0.05, 0) is 33.4 Å². The van der Waals surface area contributed by atoms with Gasteiger partial charge in [0.25, 0.3) is 0 Å². The second kappa shape index (κ2) is 17.5. The van der Waals surface area contributed by atoms with Crippen LogP contribution < -0.4 is 0 Å². The van der Waals surface area contributed by atoms with E-state index in [9.17, 15) is 5.11 Å². The molecule has 6 aromatic rings. The molecule has 0 aromatic heterocycles. The van der Waals surface area contributed by atoms with Crippen LogP contribution in [0.2, 0.25) is 0 Å². The molecule has 6 nitrogen and oxygen atoms in total. The molecule has 1 heterocycles. The minimum Gasteiger partial charge on any atom is -0.374 e. The van der Waals surface area contributed by atoms with Crippen molar-refractivity contribution in [3.63, 3.8) is 0 Å². The molecule has 264 valence electrons. The number of benzene rings is 6. The van der Waals surface area contributed by atoms with Gasteiger partial charge < -0.3 is 28.8 Å². The minimum absolute atomic E-state index is 0.158. The zero-order valence-corrected chi connectivity index (χ0v) is 29.0. The molecule has 52 heavy (non-hydrogen) atoms. The lowest BCUT2D eigenvalue weighted by Gasteiger charge is -2.48. The molecule has 7 rings (SSSR count). The monoisotopic (exact) mass is 692 g/mol. The van der Waals surface area contributed by atoms with Gasteiger partial charge in [-0.25, -0.2) is 0 Å². The van der Waals surface area contributed by atoms with Crippen molar-refractivity contribution < 1.29 is 28.8 Å². The predicted octanol–water partition coefficient (Wildman–Crippen LogP) is 8.47. The van der Waals surface area contributed by atoms with E-state index in [2.05, 4.69) is 36.4 Å². The van der Waals surface area contributed by atoms with Gasteiger partial charge in [0.15, 0.2) is 6.29 Å². The molecule has 1 fully saturated rings. The quantitative estimate of drug-likeness (QED) is 0.109. The Balaban J connectivity index is 1.33. The fourth-order valence-corrected chi connectivity index (χ4v) is 6.87. The molecule has 6 heteroatoms. The number of hydrogen-bond acceptors (Lipinski definition) is 6. The Kier molecular flexibility index (Phi) is 12.0. The van der Waals surface area contributed by atoms with Crippen LogP contribution in [0.3, 0.4) is 0 Å². The number of ether oxygens (including phenoxy) is 5. The Labute approximate surface area is 306 Å². The van der Waals surface area contributed by atoms with Crippen molar-refractivity contribution in [3.05, 3.63) is 215 Å². The molecule has 1 aliphatic heterocycles. The summed E-state index contributed by atoms with van der Waals surface area (Å²) in [6, 6.07) is 60.5. The van der Waals surface area contributed by atoms with E-state index in [0.29, 0.717) is 13.2 Å². The second-order valence-corrected chi connectivity index (χ2v) is 12.9. The lowest BCUT2D eigenvalue weighted by Crippen LogP contribution is -2.63. The molecule has 0 bridgehead atoms. The minimum atomic E-state index is -1.34. The molecule has 0 unspecified atom stereocenters. The molecule has 1 aliphatic rings. The van der Waals surface area contributed by atoms with Crippen molar-refractivity contribution in [2.24, 2.45) is 0 Å². The van der Waals surface area contributed by atoms with Gasteiger partial charge in [-0.3, -0.25) is 0 Å². The smallest absolute Gasteiger partial charge is 0.184 e. The predicted molar refractivity (Wildman–Crippen MR) is 201 cm³/mol. The van der Waals surface area contributed by atoms with E-state index in [0.717, 1.165) is 33.4 Å². The van der Waals surface area contributed by atoms with Crippen LogP contribution in [0.4, 0.5) is 0 Å². The van der Waals surface area contributed by atoms with E-state index in [-0.39, 0.29) is 13.2 Å². The van der Waals surface area contributed by atoms with Crippen LogP contribution in [0.1, 0.15) is 33.4 Å². The van der Waals surface area contributed by atoms with Crippen LogP contribution in [0.25, 0.3) is 0 Å². The van der Waals surface area contributed by atoms with E-state index in [1.165, 1.54) is 0 Å². The van der Waals surface area contributed by atoms with Crippen molar-refractivity contribution in [2.75, 3.05) is 6.61 Å². The molecule has 1 saturated heterocycles. The Morgan fingerprint density at radius 2 is 0.808 bits per heavy atom. The number of hydrogen-bond donors (Lipinski definition) is 1. The third-order valence-electron chi connectivity index (χ3n) is 9.43. The third kappa shape index (κ3) is 8.41. The van der Waals surface area contributed by atoms with Gasteiger partial charge in [0.1, 0.15) is 30.0 Å². The zero-order valence-electron chi connectivity index (χ0n) is 29.0. The average molecular weight is 693 g/mol. The van der Waals surface area contributed by atoms with Gasteiger partial charge in [0.05, 0.1) is 26.4 Å². The van der Waals surface area contributed by atoms with Gasteiger partial charge in [-0.15, -0.1) is 0 Å². The summed E-state index contributed by atoms with van der Waals surface area (Å²) in [7, 11) is 0. The Bertz CT molecular complexity index is 1800. The highest BCUT2D eigenvalue weighted by atomic mass is 16.7. The fraction of sp³-hybridized carbons (Fsp3) is 0.217. The van der Waals surface area contributed by atoms with Crippen LogP contribution in [-0.4, -0.2) is 42.4 Å². The molecule has 0 amide bonds. The van der Waals surface area contributed by atoms with Crippen molar-refractivity contribution in [2.45, 2.75) is 56.1 Å². The molecule has 6 aromatic carbocycles. The van der Waals surface area contributed by atoms with Gasteiger partial charge >= 0.3 is 0 Å². The van der Waals surface area contributed by atoms with E-state index >= 15 is 0 Å². The number of rotatable bonds is 15. The summed E-state index contributed by atoms with van der Waals surface area (Å²) in [5.74, 6) is 0. The van der Waals surface area contributed by atoms with E-state index < -0.39 is 36.3 Å². The fourth-order valence-electron chi connectivity index (χ4n) is 6.87. The highest BCUT2D eigenvalue weighted by Crippen LogP contribution is 2.44. The highest BCUT2D eigenvalue weighted by molar-refractivity contribution is 5.47. The Hall–Kier alpha value is -4.92. The maximum Gasteiger partial charge on any atom is 0.184 e. The first-order valence-corrected chi connectivity index (χ1v) is 17.8.